The SMILES string of the molecule is NCC(c1ccccc1)c1nc(-c2ncccn2)no1. The maximum absolute atomic E-state index is 5.83. The molecule has 6 nitrogen and oxygen atoms in total. The van der Waals surface area contributed by atoms with E-state index in [2.05, 4.69) is 20.1 Å². The van der Waals surface area contributed by atoms with Crippen molar-refractivity contribution in [1.29, 1.82) is 0 Å². The molecule has 2 N–H and O–H groups in total. The van der Waals surface area contributed by atoms with E-state index >= 15 is 0 Å². The van der Waals surface area contributed by atoms with Gasteiger partial charge in [-0.1, -0.05) is 35.5 Å². The minimum absolute atomic E-state index is 0.124. The van der Waals surface area contributed by atoms with Crippen LogP contribution in [0.15, 0.2) is 53.3 Å². The molecule has 3 rings (SSSR count). The van der Waals surface area contributed by atoms with Crippen molar-refractivity contribution < 1.29 is 4.52 Å². The highest BCUT2D eigenvalue weighted by molar-refractivity contribution is 5.41. The molecular weight excluding hydrogens is 254 g/mol. The van der Waals surface area contributed by atoms with E-state index < -0.39 is 0 Å². The molecule has 100 valence electrons. The number of hydrogen-bond acceptors (Lipinski definition) is 6. The highest BCUT2D eigenvalue weighted by atomic mass is 16.5. The van der Waals surface area contributed by atoms with Crippen LogP contribution in [0.4, 0.5) is 0 Å². The van der Waals surface area contributed by atoms with E-state index in [9.17, 15) is 0 Å². The molecule has 1 unspecified atom stereocenters. The number of aromatic nitrogens is 4. The van der Waals surface area contributed by atoms with E-state index in [1.807, 2.05) is 30.3 Å². The minimum atomic E-state index is -0.124. The molecule has 2 heterocycles. The molecule has 1 aromatic carbocycles. The predicted molar refractivity (Wildman–Crippen MR) is 72.7 cm³/mol. The van der Waals surface area contributed by atoms with Crippen LogP contribution < -0.4 is 5.73 Å². The van der Waals surface area contributed by atoms with E-state index in [1.54, 1.807) is 18.5 Å². The molecule has 0 saturated carbocycles. The van der Waals surface area contributed by atoms with E-state index in [-0.39, 0.29) is 5.92 Å². The van der Waals surface area contributed by atoms with E-state index in [1.165, 1.54) is 0 Å². The molecule has 1 atom stereocenters. The van der Waals surface area contributed by atoms with Gasteiger partial charge in [0.1, 0.15) is 0 Å². The number of nitrogens with two attached hydrogens (primary N) is 1. The van der Waals surface area contributed by atoms with Gasteiger partial charge in [-0.3, -0.25) is 0 Å². The zero-order valence-electron chi connectivity index (χ0n) is 10.7. The van der Waals surface area contributed by atoms with Gasteiger partial charge in [-0.2, -0.15) is 4.98 Å². The normalized spacial score (nSPS) is 12.2. The first-order valence-corrected chi connectivity index (χ1v) is 6.24. The van der Waals surface area contributed by atoms with Crippen LogP contribution in [-0.2, 0) is 0 Å². The van der Waals surface area contributed by atoms with Crippen molar-refractivity contribution in [3.63, 3.8) is 0 Å². The number of hydrogen-bond donors (Lipinski definition) is 1. The van der Waals surface area contributed by atoms with Gasteiger partial charge in [-0.25, -0.2) is 9.97 Å². The lowest BCUT2D eigenvalue weighted by Crippen LogP contribution is -2.14. The molecule has 0 fully saturated rings. The fourth-order valence-corrected chi connectivity index (χ4v) is 1.95. The summed E-state index contributed by atoms with van der Waals surface area (Å²) in [6, 6.07) is 11.6. The average molecular weight is 267 g/mol. The van der Waals surface area contributed by atoms with Crippen LogP contribution >= 0.6 is 0 Å². The third-order valence-electron chi connectivity index (χ3n) is 2.94. The molecule has 0 amide bonds. The fourth-order valence-electron chi connectivity index (χ4n) is 1.95. The summed E-state index contributed by atoms with van der Waals surface area (Å²) in [7, 11) is 0. The maximum Gasteiger partial charge on any atom is 0.240 e. The van der Waals surface area contributed by atoms with Crippen molar-refractivity contribution >= 4 is 0 Å². The largest absolute Gasteiger partial charge is 0.338 e. The fraction of sp³-hybridized carbons (Fsp3) is 0.143. The summed E-state index contributed by atoms with van der Waals surface area (Å²) in [6.45, 7) is 0.390. The Labute approximate surface area is 115 Å². The third-order valence-corrected chi connectivity index (χ3v) is 2.94. The Balaban J connectivity index is 1.93. The van der Waals surface area contributed by atoms with Crippen molar-refractivity contribution in [3.8, 4) is 11.6 Å². The monoisotopic (exact) mass is 267 g/mol. The Morgan fingerprint density at radius 3 is 2.45 bits per heavy atom. The van der Waals surface area contributed by atoms with Gasteiger partial charge >= 0.3 is 0 Å². The first-order chi connectivity index (χ1) is 9.88. The van der Waals surface area contributed by atoms with E-state index in [4.69, 9.17) is 10.3 Å². The van der Waals surface area contributed by atoms with Gasteiger partial charge in [-0.15, -0.1) is 0 Å². The van der Waals surface area contributed by atoms with Crippen LogP contribution in [0, 0.1) is 0 Å². The molecule has 0 aliphatic rings. The van der Waals surface area contributed by atoms with Crippen molar-refractivity contribution in [2.75, 3.05) is 6.54 Å². The van der Waals surface area contributed by atoms with Gasteiger partial charge < -0.3 is 10.3 Å². The van der Waals surface area contributed by atoms with Crippen LogP contribution in [0.1, 0.15) is 17.4 Å². The molecule has 0 aliphatic carbocycles. The minimum Gasteiger partial charge on any atom is -0.338 e. The van der Waals surface area contributed by atoms with E-state index in [0.29, 0.717) is 24.1 Å². The first kappa shape index (κ1) is 12.4. The van der Waals surface area contributed by atoms with Crippen molar-refractivity contribution in [2.45, 2.75) is 5.92 Å². The third kappa shape index (κ3) is 2.41. The van der Waals surface area contributed by atoms with Gasteiger partial charge in [0.05, 0.1) is 5.92 Å². The Bertz CT molecular complexity index is 668. The Hall–Kier alpha value is -2.60. The van der Waals surface area contributed by atoms with Gasteiger partial charge in [0.2, 0.25) is 17.5 Å². The van der Waals surface area contributed by atoms with Gasteiger partial charge in [0.25, 0.3) is 0 Å². The summed E-state index contributed by atoms with van der Waals surface area (Å²) < 4.78 is 5.31. The quantitative estimate of drug-likeness (QED) is 0.772. The molecule has 20 heavy (non-hydrogen) atoms. The molecule has 3 aromatic rings. The van der Waals surface area contributed by atoms with Gasteiger partial charge in [0.15, 0.2) is 0 Å². The van der Waals surface area contributed by atoms with Crippen molar-refractivity contribution in [3.05, 3.63) is 60.2 Å². The molecule has 0 saturated heterocycles. The number of rotatable bonds is 4. The van der Waals surface area contributed by atoms with Crippen LogP contribution in [0.3, 0.4) is 0 Å². The summed E-state index contributed by atoms with van der Waals surface area (Å²) in [5, 5.41) is 3.91. The molecule has 6 heteroatoms. The standard InChI is InChI=1S/C14H13N5O/c15-9-11(10-5-2-1-3-6-10)14-18-13(19-20-14)12-16-7-4-8-17-12/h1-8,11H,9,15H2. The van der Waals surface area contributed by atoms with Gasteiger partial charge in [0, 0.05) is 18.9 Å². The summed E-state index contributed by atoms with van der Waals surface area (Å²) >= 11 is 0. The molecular formula is C14H13N5O. The smallest absolute Gasteiger partial charge is 0.240 e. The van der Waals surface area contributed by atoms with Crippen LogP contribution in [-0.4, -0.2) is 26.7 Å². The lowest BCUT2D eigenvalue weighted by atomic mass is 9.99. The summed E-state index contributed by atoms with van der Waals surface area (Å²) in [6.07, 6.45) is 3.27. The average Bonchev–Trinajstić information content (AvgIpc) is 3.00. The second kappa shape index (κ2) is 5.58. The summed E-state index contributed by atoms with van der Waals surface area (Å²) in [5.74, 6) is 1.16. The second-order valence-corrected chi connectivity index (χ2v) is 4.23. The topological polar surface area (TPSA) is 90.7 Å². The molecule has 0 spiro atoms. The number of benzene rings is 1. The molecule has 2 aromatic heterocycles. The Kier molecular flexibility index (Phi) is 3.47. The predicted octanol–water partition coefficient (Wildman–Crippen LogP) is 1.62. The highest BCUT2D eigenvalue weighted by Gasteiger charge is 2.20. The highest BCUT2D eigenvalue weighted by Crippen LogP contribution is 2.23. The van der Waals surface area contributed by atoms with Crippen LogP contribution in [0.25, 0.3) is 11.6 Å². The molecule has 0 radical (unpaired) electrons. The van der Waals surface area contributed by atoms with Crippen molar-refractivity contribution in [2.24, 2.45) is 5.73 Å². The molecule has 0 aliphatic heterocycles. The lowest BCUT2D eigenvalue weighted by Gasteiger charge is -2.09. The summed E-state index contributed by atoms with van der Waals surface area (Å²) in [4.78, 5) is 12.5. The van der Waals surface area contributed by atoms with E-state index in [0.717, 1.165) is 5.56 Å². The second-order valence-electron chi connectivity index (χ2n) is 4.23. The Morgan fingerprint density at radius 2 is 1.75 bits per heavy atom. The van der Waals surface area contributed by atoms with Gasteiger partial charge in [-0.05, 0) is 11.6 Å². The van der Waals surface area contributed by atoms with Crippen LogP contribution in [0.5, 0.6) is 0 Å². The zero-order valence-corrected chi connectivity index (χ0v) is 10.7. The zero-order chi connectivity index (χ0) is 13.8. The Morgan fingerprint density at radius 1 is 1.00 bits per heavy atom. The lowest BCUT2D eigenvalue weighted by molar-refractivity contribution is 0.367. The first-order valence-electron chi connectivity index (χ1n) is 6.24. The number of nitrogens with zero attached hydrogens (tertiary/aromatic N) is 4. The summed E-state index contributed by atoms with van der Waals surface area (Å²) in [5.41, 5.74) is 6.87. The molecule has 0 bridgehead atoms. The van der Waals surface area contributed by atoms with Crippen LogP contribution in [0.2, 0.25) is 0 Å². The van der Waals surface area contributed by atoms with Crippen molar-refractivity contribution in [1.82, 2.24) is 20.1 Å². The maximum atomic E-state index is 5.83.